The number of hydrogen-bond donors (Lipinski definition) is 1. The van der Waals surface area contributed by atoms with E-state index in [-0.39, 0.29) is 30.2 Å². The average Bonchev–Trinajstić information content (AvgIpc) is 3.15. The van der Waals surface area contributed by atoms with Crippen LogP contribution in [-0.2, 0) is 16.1 Å². The van der Waals surface area contributed by atoms with Gasteiger partial charge >= 0.3 is 0 Å². The third kappa shape index (κ3) is 6.27. The Morgan fingerprint density at radius 3 is 2.46 bits per heavy atom. The maximum absolute atomic E-state index is 13.2. The number of halogens is 2. The van der Waals surface area contributed by atoms with E-state index in [9.17, 15) is 14.4 Å². The van der Waals surface area contributed by atoms with Gasteiger partial charge in [0.25, 0.3) is 17.1 Å². The molecule has 1 heterocycles. The van der Waals surface area contributed by atoms with Gasteiger partial charge in [-0.2, -0.15) is 0 Å². The lowest BCUT2D eigenvalue weighted by molar-refractivity contribution is -0.123. The van der Waals surface area contributed by atoms with Crippen molar-refractivity contribution in [3.8, 4) is 5.75 Å². The Morgan fingerprint density at radius 1 is 0.974 bits per heavy atom. The van der Waals surface area contributed by atoms with Crippen LogP contribution in [0.5, 0.6) is 5.75 Å². The normalized spacial score (nSPS) is 14.3. The maximum Gasteiger partial charge on any atom is 0.293 e. The van der Waals surface area contributed by atoms with Crippen molar-refractivity contribution in [2.45, 2.75) is 13.5 Å². The van der Waals surface area contributed by atoms with Crippen LogP contribution in [0.2, 0.25) is 0 Å². The van der Waals surface area contributed by atoms with Crippen LogP contribution in [0, 0.1) is 6.92 Å². The SMILES string of the molecule is Cc1cccc(NC(=O)COc2c(Br)cc(/C=C3\SC(=O)N(Cc4cccc5ccccc45)C3=O)cc2Br)c1. The maximum atomic E-state index is 13.2. The van der Waals surface area contributed by atoms with E-state index in [1.165, 1.54) is 4.90 Å². The molecule has 0 aliphatic carbocycles. The number of benzene rings is 4. The molecule has 0 aromatic heterocycles. The third-order valence-electron chi connectivity index (χ3n) is 6.05. The zero-order chi connectivity index (χ0) is 27.5. The Balaban J connectivity index is 1.28. The fourth-order valence-corrected chi connectivity index (χ4v) is 6.54. The zero-order valence-corrected chi connectivity index (χ0v) is 24.7. The number of carbonyl (C=O) groups is 3. The number of ether oxygens (including phenoxy) is 1. The van der Waals surface area contributed by atoms with Crippen molar-refractivity contribution in [3.63, 3.8) is 0 Å². The summed E-state index contributed by atoms with van der Waals surface area (Å²) in [5.74, 6) is -0.169. The van der Waals surface area contributed by atoms with Crippen LogP contribution < -0.4 is 10.1 Å². The van der Waals surface area contributed by atoms with Gasteiger partial charge in [0.1, 0.15) is 5.75 Å². The van der Waals surface area contributed by atoms with Gasteiger partial charge in [-0.1, -0.05) is 54.6 Å². The third-order valence-corrected chi connectivity index (χ3v) is 8.14. The first-order chi connectivity index (χ1) is 18.8. The summed E-state index contributed by atoms with van der Waals surface area (Å²) in [5, 5.41) is 4.57. The van der Waals surface area contributed by atoms with Crippen molar-refractivity contribution in [1.29, 1.82) is 0 Å². The van der Waals surface area contributed by atoms with E-state index in [1.54, 1.807) is 18.2 Å². The molecule has 0 unspecified atom stereocenters. The molecule has 3 amide bonds. The predicted molar refractivity (Wildman–Crippen MR) is 163 cm³/mol. The van der Waals surface area contributed by atoms with Crippen molar-refractivity contribution in [2.75, 3.05) is 11.9 Å². The second-order valence-corrected chi connectivity index (χ2v) is 11.6. The highest BCUT2D eigenvalue weighted by Gasteiger charge is 2.35. The lowest BCUT2D eigenvalue weighted by atomic mass is 10.0. The minimum Gasteiger partial charge on any atom is -0.481 e. The molecule has 1 saturated heterocycles. The topological polar surface area (TPSA) is 75.7 Å². The molecule has 4 aromatic rings. The molecular weight excluding hydrogens is 644 g/mol. The monoisotopic (exact) mass is 664 g/mol. The number of hydrogen-bond acceptors (Lipinski definition) is 5. The largest absolute Gasteiger partial charge is 0.481 e. The summed E-state index contributed by atoms with van der Waals surface area (Å²) in [4.78, 5) is 39.9. The zero-order valence-electron chi connectivity index (χ0n) is 20.7. The predicted octanol–water partition coefficient (Wildman–Crippen LogP) is 7.93. The summed E-state index contributed by atoms with van der Waals surface area (Å²) in [6, 6.07) is 24.8. The summed E-state index contributed by atoms with van der Waals surface area (Å²) in [6.45, 7) is 1.97. The molecule has 0 radical (unpaired) electrons. The molecule has 196 valence electrons. The van der Waals surface area contributed by atoms with Crippen LogP contribution in [0.4, 0.5) is 10.5 Å². The molecule has 0 saturated carbocycles. The van der Waals surface area contributed by atoms with E-state index in [0.29, 0.717) is 30.9 Å². The van der Waals surface area contributed by atoms with Crippen LogP contribution in [0.1, 0.15) is 16.7 Å². The summed E-state index contributed by atoms with van der Waals surface area (Å²) in [5.41, 5.74) is 3.35. The number of amides is 3. The number of fused-ring (bicyclic) bond motifs is 1. The first-order valence-corrected chi connectivity index (χ1v) is 14.4. The number of anilines is 1. The Hall–Kier alpha value is -3.40. The van der Waals surface area contributed by atoms with Crippen molar-refractivity contribution < 1.29 is 19.1 Å². The van der Waals surface area contributed by atoms with Crippen molar-refractivity contribution in [1.82, 2.24) is 4.90 Å². The van der Waals surface area contributed by atoms with Gasteiger partial charge in [0.15, 0.2) is 6.61 Å². The Morgan fingerprint density at radius 2 is 1.69 bits per heavy atom. The molecule has 1 aliphatic rings. The fourth-order valence-electron chi connectivity index (χ4n) is 4.25. The molecule has 9 heteroatoms. The fraction of sp³-hybridized carbons (Fsp3) is 0.100. The van der Waals surface area contributed by atoms with E-state index in [2.05, 4.69) is 37.2 Å². The number of nitrogens with zero attached hydrogens (tertiary/aromatic N) is 1. The molecule has 0 spiro atoms. The second kappa shape index (κ2) is 11.8. The molecule has 0 atom stereocenters. The molecular formula is C30H22Br2N2O4S. The van der Waals surface area contributed by atoms with Gasteiger partial charge in [-0.15, -0.1) is 0 Å². The highest BCUT2D eigenvalue weighted by Crippen LogP contribution is 2.38. The lowest BCUT2D eigenvalue weighted by Crippen LogP contribution is -2.27. The van der Waals surface area contributed by atoms with E-state index >= 15 is 0 Å². The molecule has 1 N–H and O–H groups in total. The van der Waals surface area contributed by atoms with Gasteiger partial charge < -0.3 is 10.1 Å². The summed E-state index contributed by atoms with van der Waals surface area (Å²) < 4.78 is 6.95. The number of thioether (sulfide) groups is 1. The quantitative estimate of drug-likeness (QED) is 0.203. The van der Waals surface area contributed by atoms with Gasteiger partial charge in [0, 0.05) is 5.69 Å². The lowest BCUT2D eigenvalue weighted by Gasteiger charge is -2.14. The van der Waals surface area contributed by atoms with Crippen LogP contribution >= 0.6 is 43.6 Å². The molecule has 4 aromatic carbocycles. The molecule has 5 rings (SSSR count). The highest BCUT2D eigenvalue weighted by atomic mass is 79.9. The standard InChI is InChI=1S/C30H22Br2N2O4S/c1-18-6-4-10-22(12-18)33-27(35)17-38-28-24(31)13-19(14-25(28)32)15-26-29(36)34(30(37)39-26)16-21-9-5-8-20-7-2-3-11-23(20)21/h2-15H,16-17H2,1H3,(H,33,35)/b26-15-. The van der Waals surface area contributed by atoms with E-state index < -0.39 is 0 Å². The number of aryl methyl sites for hydroxylation is 1. The van der Waals surface area contributed by atoms with Gasteiger partial charge in [0.05, 0.1) is 20.4 Å². The molecule has 1 fully saturated rings. The second-order valence-electron chi connectivity index (χ2n) is 8.93. The molecule has 6 nitrogen and oxygen atoms in total. The van der Waals surface area contributed by atoms with Gasteiger partial charge in [-0.3, -0.25) is 19.3 Å². The van der Waals surface area contributed by atoms with Crippen molar-refractivity contribution in [3.05, 3.63) is 109 Å². The van der Waals surface area contributed by atoms with Crippen molar-refractivity contribution >= 4 is 83.2 Å². The number of nitrogens with one attached hydrogen (secondary N) is 1. The average molecular weight is 666 g/mol. The van der Waals surface area contributed by atoms with Gasteiger partial charge in [0.2, 0.25) is 0 Å². The van der Waals surface area contributed by atoms with E-state index in [0.717, 1.165) is 33.7 Å². The summed E-state index contributed by atoms with van der Waals surface area (Å²) >= 11 is 7.91. The summed E-state index contributed by atoms with van der Waals surface area (Å²) in [6.07, 6.45) is 1.68. The van der Waals surface area contributed by atoms with Crippen LogP contribution in [0.3, 0.4) is 0 Å². The van der Waals surface area contributed by atoms with Crippen LogP contribution in [0.25, 0.3) is 16.8 Å². The number of imide groups is 1. The summed E-state index contributed by atoms with van der Waals surface area (Å²) in [7, 11) is 0. The minimum absolute atomic E-state index is 0.183. The molecule has 39 heavy (non-hydrogen) atoms. The van der Waals surface area contributed by atoms with Crippen molar-refractivity contribution in [2.24, 2.45) is 0 Å². The van der Waals surface area contributed by atoms with Crippen LogP contribution in [0.15, 0.2) is 92.7 Å². The first kappa shape index (κ1) is 27.2. The van der Waals surface area contributed by atoms with Crippen LogP contribution in [-0.4, -0.2) is 28.6 Å². The molecule has 0 bridgehead atoms. The number of carbonyl (C=O) groups excluding carboxylic acids is 3. The Bertz CT molecular complexity index is 1630. The molecule has 1 aliphatic heterocycles. The Labute approximate surface area is 246 Å². The van der Waals surface area contributed by atoms with Gasteiger partial charge in [-0.25, -0.2) is 0 Å². The minimum atomic E-state index is -0.335. The van der Waals surface area contributed by atoms with E-state index in [4.69, 9.17) is 4.74 Å². The Kier molecular flexibility index (Phi) is 8.20. The number of rotatable bonds is 7. The highest BCUT2D eigenvalue weighted by molar-refractivity contribution is 9.11. The van der Waals surface area contributed by atoms with E-state index in [1.807, 2.05) is 73.7 Å². The van der Waals surface area contributed by atoms with Gasteiger partial charge in [-0.05, 0) is 108 Å². The smallest absolute Gasteiger partial charge is 0.293 e. The first-order valence-electron chi connectivity index (χ1n) is 12.0.